The van der Waals surface area contributed by atoms with Crippen molar-refractivity contribution < 1.29 is 4.42 Å². The molecule has 90 valence electrons. The molecule has 0 atom stereocenters. The minimum absolute atomic E-state index is 0.441. The quantitative estimate of drug-likeness (QED) is 0.816. The van der Waals surface area contributed by atoms with Crippen LogP contribution in [0.1, 0.15) is 17.0 Å². The fourth-order valence-electron chi connectivity index (χ4n) is 1.53. The van der Waals surface area contributed by atoms with Gasteiger partial charge >= 0.3 is 6.01 Å². The molecule has 5 nitrogen and oxygen atoms in total. The highest BCUT2D eigenvalue weighted by atomic mass is 16.4. The van der Waals surface area contributed by atoms with E-state index in [9.17, 15) is 0 Å². The average Bonchev–Trinajstić information content (AvgIpc) is 2.76. The van der Waals surface area contributed by atoms with Crippen LogP contribution in [0.3, 0.4) is 0 Å². The second kappa shape index (κ2) is 5.45. The summed E-state index contributed by atoms with van der Waals surface area (Å²) in [5, 5.41) is 10.9. The summed E-state index contributed by atoms with van der Waals surface area (Å²) in [6.45, 7) is 3.26. The van der Waals surface area contributed by atoms with Crippen LogP contribution in [0.15, 0.2) is 28.7 Å². The third-order valence-electron chi connectivity index (χ3n) is 2.52. The predicted octanol–water partition coefficient (Wildman–Crippen LogP) is 1.49. The standard InChI is InChI=1S/C12H16N4O/c1-9-4-2-3-5-10(9)8-14-12-16-15-11(17-12)6-7-13/h2-5H,6-8,13H2,1H3,(H,14,16). The summed E-state index contributed by atoms with van der Waals surface area (Å²) in [5.41, 5.74) is 7.86. The van der Waals surface area contributed by atoms with Crippen molar-refractivity contribution in [2.75, 3.05) is 11.9 Å². The van der Waals surface area contributed by atoms with Crippen LogP contribution in [-0.2, 0) is 13.0 Å². The minimum atomic E-state index is 0.441. The van der Waals surface area contributed by atoms with Crippen LogP contribution in [0.5, 0.6) is 0 Å². The van der Waals surface area contributed by atoms with Crippen LogP contribution >= 0.6 is 0 Å². The molecule has 0 saturated heterocycles. The van der Waals surface area contributed by atoms with E-state index >= 15 is 0 Å². The van der Waals surface area contributed by atoms with Crippen LogP contribution in [0.25, 0.3) is 0 Å². The average molecular weight is 232 g/mol. The lowest BCUT2D eigenvalue weighted by Crippen LogP contribution is -2.02. The number of benzene rings is 1. The van der Waals surface area contributed by atoms with Gasteiger partial charge in [-0.15, -0.1) is 5.10 Å². The van der Waals surface area contributed by atoms with Crippen molar-refractivity contribution in [1.82, 2.24) is 10.2 Å². The molecule has 0 bridgehead atoms. The molecule has 1 aromatic heterocycles. The molecule has 0 amide bonds. The maximum atomic E-state index is 5.41. The van der Waals surface area contributed by atoms with E-state index in [1.807, 2.05) is 12.1 Å². The second-order valence-corrected chi connectivity index (χ2v) is 3.82. The molecule has 0 radical (unpaired) electrons. The van der Waals surface area contributed by atoms with Gasteiger partial charge in [0.2, 0.25) is 5.89 Å². The highest BCUT2D eigenvalue weighted by Crippen LogP contribution is 2.11. The van der Waals surface area contributed by atoms with Crippen LogP contribution in [0, 0.1) is 6.92 Å². The van der Waals surface area contributed by atoms with Gasteiger partial charge < -0.3 is 15.5 Å². The number of nitrogens with zero attached hydrogens (tertiary/aromatic N) is 2. The summed E-state index contributed by atoms with van der Waals surface area (Å²) in [6.07, 6.45) is 0.610. The van der Waals surface area contributed by atoms with Crippen molar-refractivity contribution in [1.29, 1.82) is 0 Å². The molecule has 3 N–H and O–H groups in total. The Hall–Kier alpha value is -1.88. The first-order chi connectivity index (χ1) is 8.29. The summed E-state index contributed by atoms with van der Waals surface area (Å²) in [7, 11) is 0. The Balaban J connectivity index is 1.95. The molecule has 0 aliphatic rings. The molecule has 0 fully saturated rings. The first-order valence-corrected chi connectivity index (χ1v) is 5.60. The summed E-state index contributed by atoms with van der Waals surface area (Å²) in [5.74, 6) is 0.569. The Morgan fingerprint density at radius 1 is 1.29 bits per heavy atom. The Morgan fingerprint density at radius 2 is 2.12 bits per heavy atom. The summed E-state index contributed by atoms with van der Waals surface area (Å²) >= 11 is 0. The number of nitrogens with one attached hydrogen (secondary N) is 1. The van der Waals surface area contributed by atoms with E-state index in [2.05, 4.69) is 34.6 Å². The Morgan fingerprint density at radius 3 is 2.88 bits per heavy atom. The van der Waals surface area contributed by atoms with Gasteiger partial charge in [0.25, 0.3) is 0 Å². The number of hydrogen-bond acceptors (Lipinski definition) is 5. The molecule has 0 saturated carbocycles. The van der Waals surface area contributed by atoms with Crippen molar-refractivity contribution in [2.24, 2.45) is 5.73 Å². The highest BCUT2D eigenvalue weighted by Gasteiger charge is 2.05. The highest BCUT2D eigenvalue weighted by molar-refractivity contribution is 5.29. The largest absolute Gasteiger partial charge is 0.408 e. The van der Waals surface area contributed by atoms with Gasteiger partial charge in [0.15, 0.2) is 0 Å². The van der Waals surface area contributed by atoms with Gasteiger partial charge in [0.05, 0.1) is 0 Å². The van der Waals surface area contributed by atoms with Crippen molar-refractivity contribution in [3.05, 3.63) is 41.3 Å². The summed E-state index contributed by atoms with van der Waals surface area (Å²) in [6, 6.07) is 8.61. The van der Waals surface area contributed by atoms with Crippen molar-refractivity contribution in [3.63, 3.8) is 0 Å². The minimum Gasteiger partial charge on any atom is -0.408 e. The second-order valence-electron chi connectivity index (χ2n) is 3.82. The molecule has 0 aliphatic carbocycles. The zero-order valence-corrected chi connectivity index (χ0v) is 9.81. The molecular formula is C12H16N4O. The number of anilines is 1. The van der Waals surface area contributed by atoms with E-state index in [-0.39, 0.29) is 0 Å². The Bertz CT molecular complexity index is 481. The third kappa shape index (κ3) is 3.04. The normalized spacial score (nSPS) is 10.5. The summed E-state index contributed by atoms with van der Waals surface area (Å²) in [4.78, 5) is 0. The van der Waals surface area contributed by atoms with Gasteiger partial charge in [-0.2, -0.15) is 0 Å². The number of nitrogens with two attached hydrogens (primary N) is 1. The van der Waals surface area contributed by atoms with E-state index in [1.165, 1.54) is 11.1 Å². The maximum absolute atomic E-state index is 5.41. The van der Waals surface area contributed by atoms with Gasteiger partial charge in [0.1, 0.15) is 0 Å². The molecule has 5 heteroatoms. The van der Waals surface area contributed by atoms with Gasteiger partial charge in [-0.25, -0.2) is 0 Å². The van der Waals surface area contributed by atoms with Crippen molar-refractivity contribution >= 4 is 6.01 Å². The number of aromatic nitrogens is 2. The topological polar surface area (TPSA) is 77.0 Å². The molecule has 1 aromatic carbocycles. The van der Waals surface area contributed by atoms with E-state index in [1.54, 1.807) is 0 Å². The predicted molar refractivity (Wildman–Crippen MR) is 65.6 cm³/mol. The SMILES string of the molecule is Cc1ccccc1CNc1nnc(CCN)o1. The molecule has 0 unspecified atom stereocenters. The number of rotatable bonds is 5. The first-order valence-electron chi connectivity index (χ1n) is 5.60. The number of hydrogen-bond donors (Lipinski definition) is 2. The van der Waals surface area contributed by atoms with Gasteiger partial charge in [-0.3, -0.25) is 0 Å². The van der Waals surface area contributed by atoms with Gasteiger partial charge in [-0.05, 0) is 18.1 Å². The van der Waals surface area contributed by atoms with Crippen LogP contribution in [0.2, 0.25) is 0 Å². The van der Waals surface area contributed by atoms with E-state index in [4.69, 9.17) is 10.2 Å². The van der Waals surface area contributed by atoms with Crippen LogP contribution in [-0.4, -0.2) is 16.7 Å². The van der Waals surface area contributed by atoms with Crippen molar-refractivity contribution in [2.45, 2.75) is 19.9 Å². The molecule has 2 rings (SSSR count). The smallest absolute Gasteiger partial charge is 0.315 e. The molecule has 0 spiro atoms. The lowest BCUT2D eigenvalue weighted by molar-refractivity contribution is 0.505. The summed E-state index contributed by atoms with van der Waals surface area (Å²) < 4.78 is 5.37. The molecule has 0 aliphatic heterocycles. The third-order valence-corrected chi connectivity index (χ3v) is 2.52. The van der Waals surface area contributed by atoms with E-state index in [0.717, 1.165) is 0 Å². The first kappa shape index (κ1) is 11.6. The zero-order chi connectivity index (χ0) is 12.1. The van der Waals surface area contributed by atoms with Crippen LogP contribution in [0.4, 0.5) is 6.01 Å². The maximum Gasteiger partial charge on any atom is 0.315 e. The Labute approximate surface area is 100 Å². The number of aryl methyl sites for hydroxylation is 1. The lowest BCUT2D eigenvalue weighted by Gasteiger charge is -2.04. The Kier molecular flexibility index (Phi) is 3.72. The van der Waals surface area contributed by atoms with E-state index < -0.39 is 0 Å². The monoisotopic (exact) mass is 232 g/mol. The van der Waals surface area contributed by atoms with Gasteiger partial charge in [0, 0.05) is 19.5 Å². The fraction of sp³-hybridized carbons (Fsp3) is 0.333. The van der Waals surface area contributed by atoms with E-state index in [0.29, 0.717) is 31.4 Å². The molecule has 1 heterocycles. The van der Waals surface area contributed by atoms with Crippen molar-refractivity contribution in [3.8, 4) is 0 Å². The van der Waals surface area contributed by atoms with Gasteiger partial charge in [-0.1, -0.05) is 29.4 Å². The molecular weight excluding hydrogens is 216 g/mol. The molecule has 17 heavy (non-hydrogen) atoms. The van der Waals surface area contributed by atoms with Crippen LogP contribution < -0.4 is 11.1 Å². The zero-order valence-electron chi connectivity index (χ0n) is 9.81. The fourth-order valence-corrected chi connectivity index (χ4v) is 1.53. The lowest BCUT2D eigenvalue weighted by atomic mass is 10.1. The molecule has 2 aromatic rings.